The summed E-state index contributed by atoms with van der Waals surface area (Å²) in [7, 11) is 4.53. The number of rotatable bonds is 2. The SMILES string of the molecule is CC1C(=O)C=CC23CC24CCC2(C)C(C(C)N(C)C)CCC2(C)C4CCC13. The fourth-order valence-electron chi connectivity index (χ4n) is 9.50. The van der Waals surface area contributed by atoms with E-state index in [1.54, 1.807) is 0 Å². The zero-order chi connectivity index (χ0) is 19.4. The third-order valence-electron chi connectivity index (χ3n) is 11.5. The molecule has 0 heterocycles. The Bertz CT molecular complexity index is 711. The van der Waals surface area contributed by atoms with E-state index in [1.807, 2.05) is 6.08 Å². The second-order valence-electron chi connectivity index (χ2n) is 11.8. The van der Waals surface area contributed by atoms with Crippen LogP contribution in [0, 0.1) is 45.3 Å². The van der Waals surface area contributed by atoms with Gasteiger partial charge in [0.25, 0.3) is 0 Å². The first kappa shape index (κ1) is 18.4. The van der Waals surface area contributed by atoms with E-state index in [0.29, 0.717) is 39.4 Å². The first-order valence-corrected chi connectivity index (χ1v) is 11.5. The van der Waals surface area contributed by atoms with Crippen molar-refractivity contribution in [2.75, 3.05) is 14.1 Å². The van der Waals surface area contributed by atoms with Crippen molar-refractivity contribution in [3.63, 3.8) is 0 Å². The number of allylic oxidation sites excluding steroid dienone is 2. The largest absolute Gasteiger partial charge is 0.306 e. The Labute approximate surface area is 166 Å². The van der Waals surface area contributed by atoms with Crippen LogP contribution in [0.25, 0.3) is 0 Å². The van der Waals surface area contributed by atoms with Crippen molar-refractivity contribution in [2.24, 2.45) is 45.3 Å². The molecule has 27 heavy (non-hydrogen) atoms. The van der Waals surface area contributed by atoms with Crippen LogP contribution in [0.3, 0.4) is 0 Å². The number of nitrogens with zero attached hydrogens (tertiary/aromatic N) is 1. The maximum absolute atomic E-state index is 12.4. The van der Waals surface area contributed by atoms with Crippen LogP contribution in [0.4, 0.5) is 0 Å². The molecular weight excluding hydrogens is 330 g/mol. The van der Waals surface area contributed by atoms with Crippen molar-refractivity contribution >= 4 is 5.78 Å². The van der Waals surface area contributed by atoms with Crippen LogP contribution in [0.15, 0.2) is 12.2 Å². The predicted molar refractivity (Wildman–Crippen MR) is 110 cm³/mol. The predicted octanol–water partition coefficient (Wildman–Crippen LogP) is 5.33. The number of ketones is 1. The quantitative estimate of drug-likeness (QED) is 0.655. The molecule has 0 aliphatic heterocycles. The van der Waals surface area contributed by atoms with Crippen LogP contribution >= 0.6 is 0 Å². The van der Waals surface area contributed by atoms with Crippen LogP contribution in [-0.4, -0.2) is 30.8 Å². The first-order chi connectivity index (χ1) is 12.6. The maximum Gasteiger partial charge on any atom is 0.158 e. The van der Waals surface area contributed by atoms with Gasteiger partial charge in [0.1, 0.15) is 0 Å². The Morgan fingerprint density at radius 3 is 2.52 bits per heavy atom. The summed E-state index contributed by atoms with van der Waals surface area (Å²) in [4.78, 5) is 14.8. The van der Waals surface area contributed by atoms with Gasteiger partial charge in [-0.05, 0) is 111 Å². The van der Waals surface area contributed by atoms with Crippen LogP contribution in [0.5, 0.6) is 0 Å². The summed E-state index contributed by atoms with van der Waals surface area (Å²) < 4.78 is 0. The van der Waals surface area contributed by atoms with Crippen molar-refractivity contribution in [3.8, 4) is 0 Å². The van der Waals surface area contributed by atoms with Crippen molar-refractivity contribution < 1.29 is 4.79 Å². The Balaban J connectivity index is 1.53. The van der Waals surface area contributed by atoms with Crippen LogP contribution in [-0.2, 0) is 4.79 Å². The summed E-state index contributed by atoms with van der Waals surface area (Å²) in [5, 5.41) is 0. The van der Waals surface area contributed by atoms with E-state index < -0.39 is 0 Å². The molecular formula is C25H39NO. The first-order valence-electron chi connectivity index (χ1n) is 11.5. The minimum absolute atomic E-state index is 0.251. The topological polar surface area (TPSA) is 20.3 Å². The van der Waals surface area contributed by atoms with Gasteiger partial charge in [-0.15, -0.1) is 0 Å². The van der Waals surface area contributed by atoms with E-state index >= 15 is 0 Å². The van der Waals surface area contributed by atoms with Gasteiger partial charge in [-0.2, -0.15) is 0 Å². The highest BCUT2D eigenvalue weighted by molar-refractivity contribution is 5.93. The number of hydrogen-bond donors (Lipinski definition) is 0. The van der Waals surface area contributed by atoms with E-state index in [0.717, 1.165) is 11.8 Å². The average Bonchev–Trinajstić information content (AvgIpc) is 3.21. The molecule has 2 spiro atoms. The lowest BCUT2D eigenvalue weighted by Gasteiger charge is -2.61. The van der Waals surface area contributed by atoms with Gasteiger partial charge >= 0.3 is 0 Å². The summed E-state index contributed by atoms with van der Waals surface area (Å²) in [5.74, 6) is 2.95. The third kappa shape index (κ3) is 1.90. The monoisotopic (exact) mass is 369 g/mol. The normalized spacial score (nSPS) is 56.9. The summed E-state index contributed by atoms with van der Waals surface area (Å²) in [5.41, 5.74) is 1.85. The molecule has 0 N–H and O–H groups in total. The van der Waals surface area contributed by atoms with Gasteiger partial charge in [-0.1, -0.05) is 26.8 Å². The van der Waals surface area contributed by atoms with Crippen LogP contribution < -0.4 is 0 Å². The van der Waals surface area contributed by atoms with E-state index in [1.165, 1.54) is 44.9 Å². The molecule has 4 saturated carbocycles. The molecule has 0 radical (unpaired) electrons. The molecule has 0 saturated heterocycles. The number of carbonyl (C=O) groups excluding carboxylic acids is 1. The molecule has 2 nitrogen and oxygen atoms in total. The van der Waals surface area contributed by atoms with Gasteiger partial charge in [0.05, 0.1) is 0 Å². The molecule has 5 aliphatic carbocycles. The second-order valence-corrected chi connectivity index (χ2v) is 11.8. The Morgan fingerprint density at radius 2 is 1.81 bits per heavy atom. The van der Waals surface area contributed by atoms with Crippen molar-refractivity contribution in [1.29, 1.82) is 0 Å². The molecule has 0 amide bonds. The zero-order valence-electron chi connectivity index (χ0n) is 18.3. The second kappa shape index (κ2) is 5.29. The van der Waals surface area contributed by atoms with Gasteiger partial charge in [0.15, 0.2) is 5.78 Å². The molecule has 5 aliphatic rings. The van der Waals surface area contributed by atoms with Crippen molar-refractivity contribution in [3.05, 3.63) is 12.2 Å². The maximum atomic E-state index is 12.4. The average molecular weight is 370 g/mol. The van der Waals surface area contributed by atoms with Gasteiger partial charge in [0, 0.05) is 12.0 Å². The molecule has 0 aromatic heterocycles. The minimum atomic E-state index is 0.251. The van der Waals surface area contributed by atoms with E-state index in [4.69, 9.17) is 0 Å². The minimum Gasteiger partial charge on any atom is -0.306 e. The van der Waals surface area contributed by atoms with Crippen LogP contribution in [0.1, 0.15) is 72.6 Å². The van der Waals surface area contributed by atoms with Gasteiger partial charge < -0.3 is 4.90 Å². The standard InChI is InChI=1S/C25H39NO/c1-16-18-7-8-21-23(4)11-9-19(17(2)26(5)6)22(23,3)13-14-25(21)15-24(18,25)12-10-20(16)27/h10,12,16-19,21H,7-9,11,13-15H2,1-6H3. The molecule has 2 heteroatoms. The van der Waals surface area contributed by atoms with E-state index in [-0.39, 0.29) is 5.92 Å². The Morgan fingerprint density at radius 1 is 1.07 bits per heavy atom. The van der Waals surface area contributed by atoms with E-state index in [2.05, 4.69) is 52.8 Å². The lowest BCUT2D eigenvalue weighted by Crippen LogP contribution is -2.56. The molecule has 0 aromatic rings. The van der Waals surface area contributed by atoms with Crippen molar-refractivity contribution in [2.45, 2.75) is 78.7 Å². The Hall–Kier alpha value is -0.630. The fourth-order valence-corrected chi connectivity index (χ4v) is 9.50. The smallest absolute Gasteiger partial charge is 0.158 e. The fraction of sp³-hybridized carbons (Fsp3) is 0.880. The third-order valence-corrected chi connectivity index (χ3v) is 11.5. The highest BCUT2D eigenvalue weighted by Crippen LogP contribution is 2.87. The van der Waals surface area contributed by atoms with Gasteiger partial charge in [-0.3, -0.25) is 4.79 Å². The summed E-state index contributed by atoms with van der Waals surface area (Å²) in [6.07, 6.45) is 14.0. The lowest BCUT2D eigenvalue weighted by atomic mass is 9.43. The van der Waals surface area contributed by atoms with Crippen molar-refractivity contribution in [1.82, 2.24) is 4.90 Å². The highest BCUT2D eigenvalue weighted by atomic mass is 16.1. The number of fused-ring (bicyclic) bond motifs is 2. The molecule has 9 unspecified atom stereocenters. The molecule has 5 rings (SSSR count). The number of hydrogen-bond acceptors (Lipinski definition) is 2. The molecule has 4 fully saturated rings. The van der Waals surface area contributed by atoms with Crippen LogP contribution in [0.2, 0.25) is 0 Å². The molecule has 150 valence electrons. The zero-order valence-corrected chi connectivity index (χ0v) is 18.3. The molecule has 9 atom stereocenters. The molecule has 0 aromatic carbocycles. The summed E-state index contributed by atoms with van der Waals surface area (Å²) in [6.45, 7) is 10.00. The summed E-state index contributed by atoms with van der Waals surface area (Å²) in [6, 6.07) is 0.669. The van der Waals surface area contributed by atoms with Gasteiger partial charge in [-0.25, -0.2) is 0 Å². The molecule has 0 bridgehead atoms. The number of carbonyl (C=O) groups is 1. The summed E-state index contributed by atoms with van der Waals surface area (Å²) >= 11 is 0. The highest BCUT2D eigenvalue weighted by Gasteiger charge is 2.80. The van der Waals surface area contributed by atoms with Gasteiger partial charge in [0.2, 0.25) is 0 Å². The Kier molecular flexibility index (Phi) is 3.61. The lowest BCUT2D eigenvalue weighted by molar-refractivity contribution is -0.132. The van der Waals surface area contributed by atoms with E-state index in [9.17, 15) is 4.79 Å².